The van der Waals surface area contributed by atoms with Crippen LogP contribution in [0.3, 0.4) is 0 Å². The van der Waals surface area contributed by atoms with Crippen LogP contribution in [0, 0.1) is 12.5 Å². The van der Waals surface area contributed by atoms with E-state index in [0.717, 1.165) is 17.7 Å². The average Bonchev–Trinajstić information content (AvgIpc) is 3.46. The fraction of sp³-hybridized carbons (Fsp3) is 0.464. The number of ether oxygens (including phenoxy) is 1. The largest absolute Gasteiger partial charge is 0.381 e. The Hall–Kier alpha value is -3.41. The number of hydrogen-bond donors (Lipinski definition) is 1. The summed E-state index contributed by atoms with van der Waals surface area (Å²) in [6.07, 6.45) is 0.727. The molecule has 4 rings (SSSR count). The van der Waals surface area contributed by atoms with Crippen molar-refractivity contribution in [3.63, 3.8) is 0 Å². The number of rotatable bonds is 8. The van der Waals surface area contributed by atoms with Crippen molar-refractivity contribution in [3.05, 3.63) is 65.5 Å². The highest BCUT2D eigenvalue weighted by molar-refractivity contribution is 5.94. The van der Waals surface area contributed by atoms with E-state index >= 15 is 0 Å². The molecular formula is C28H35N5O3. The Kier molecular flexibility index (Phi) is 8.57. The fourth-order valence-corrected chi connectivity index (χ4v) is 5.02. The quantitative estimate of drug-likeness (QED) is 0.569. The van der Waals surface area contributed by atoms with E-state index in [1.165, 1.54) is 0 Å². The van der Waals surface area contributed by atoms with Crippen molar-refractivity contribution < 1.29 is 14.3 Å². The summed E-state index contributed by atoms with van der Waals surface area (Å²) in [5.41, 5.74) is 3.02. The van der Waals surface area contributed by atoms with E-state index in [1.54, 1.807) is 6.07 Å². The van der Waals surface area contributed by atoms with Gasteiger partial charge in [-0.1, -0.05) is 30.3 Å². The summed E-state index contributed by atoms with van der Waals surface area (Å²) in [5, 5.41) is 2.93. The third kappa shape index (κ3) is 5.69. The highest BCUT2D eigenvalue weighted by Gasteiger charge is 2.33. The Bertz CT molecular complexity index is 1080. The summed E-state index contributed by atoms with van der Waals surface area (Å²) in [5.74, 6) is -0.0605. The summed E-state index contributed by atoms with van der Waals surface area (Å²) < 4.78 is 5.31. The number of anilines is 2. The molecule has 8 nitrogen and oxygen atoms in total. The molecule has 2 saturated heterocycles. The Morgan fingerprint density at radius 1 is 1.11 bits per heavy atom. The van der Waals surface area contributed by atoms with Crippen molar-refractivity contribution in [1.82, 2.24) is 9.80 Å². The Labute approximate surface area is 213 Å². The highest BCUT2D eigenvalue weighted by atomic mass is 16.5. The number of amides is 2. The number of nitrogens with one attached hydrogen (secondary N) is 1. The van der Waals surface area contributed by atoms with Crippen molar-refractivity contribution in [2.75, 3.05) is 62.7 Å². The van der Waals surface area contributed by atoms with Crippen LogP contribution < -0.4 is 10.2 Å². The molecule has 2 atom stereocenters. The second-order valence-electron chi connectivity index (χ2n) is 9.21. The SMILES string of the molecule is [C-]#[N+]c1cc(NC(=O)C2CCOC2)ccc1N1CCN(C(C(=O)N(CC)CC)c2ccccc2)CC1. The summed E-state index contributed by atoms with van der Waals surface area (Å²) in [6, 6.07) is 15.2. The molecule has 2 fully saturated rings. The minimum atomic E-state index is -0.314. The summed E-state index contributed by atoms with van der Waals surface area (Å²) >= 11 is 0. The van der Waals surface area contributed by atoms with Crippen LogP contribution in [-0.2, 0) is 14.3 Å². The number of benzene rings is 2. The molecule has 1 N–H and O–H groups in total. The molecule has 2 aliphatic heterocycles. The lowest BCUT2D eigenvalue weighted by atomic mass is 10.0. The first-order chi connectivity index (χ1) is 17.5. The van der Waals surface area contributed by atoms with Crippen LogP contribution >= 0.6 is 0 Å². The van der Waals surface area contributed by atoms with E-state index in [0.29, 0.717) is 63.9 Å². The van der Waals surface area contributed by atoms with Gasteiger partial charge in [-0.15, -0.1) is 0 Å². The minimum absolute atomic E-state index is 0.0605. The number of carbonyl (C=O) groups excluding carboxylic acids is 2. The molecule has 0 saturated carbocycles. The molecule has 8 heteroatoms. The van der Waals surface area contributed by atoms with Gasteiger partial charge in [0, 0.05) is 57.3 Å². The maximum atomic E-state index is 13.5. The van der Waals surface area contributed by atoms with Crippen molar-refractivity contribution in [2.45, 2.75) is 26.3 Å². The van der Waals surface area contributed by atoms with Crippen LogP contribution in [0.15, 0.2) is 48.5 Å². The van der Waals surface area contributed by atoms with Gasteiger partial charge < -0.3 is 19.9 Å². The van der Waals surface area contributed by atoms with Crippen LogP contribution in [0.1, 0.15) is 31.9 Å². The van der Waals surface area contributed by atoms with E-state index < -0.39 is 0 Å². The van der Waals surface area contributed by atoms with E-state index in [-0.39, 0.29) is 23.8 Å². The predicted octanol–water partition coefficient (Wildman–Crippen LogP) is 3.94. The molecule has 2 amide bonds. The van der Waals surface area contributed by atoms with E-state index in [2.05, 4.69) is 20.0 Å². The predicted molar refractivity (Wildman–Crippen MR) is 141 cm³/mol. The van der Waals surface area contributed by atoms with E-state index in [1.807, 2.05) is 61.2 Å². The van der Waals surface area contributed by atoms with Gasteiger partial charge in [0.2, 0.25) is 17.5 Å². The normalized spacial score (nSPS) is 18.9. The fourth-order valence-electron chi connectivity index (χ4n) is 5.02. The van der Waals surface area contributed by atoms with Gasteiger partial charge in [-0.2, -0.15) is 0 Å². The third-order valence-electron chi connectivity index (χ3n) is 7.11. The Balaban J connectivity index is 1.46. The molecule has 2 aromatic carbocycles. The van der Waals surface area contributed by atoms with Crippen LogP contribution in [-0.4, -0.2) is 74.1 Å². The summed E-state index contributed by atoms with van der Waals surface area (Å²) in [4.78, 5) is 36.0. The van der Waals surface area contributed by atoms with Crippen molar-refractivity contribution in [2.24, 2.45) is 5.92 Å². The Morgan fingerprint density at radius 3 is 2.44 bits per heavy atom. The average molecular weight is 490 g/mol. The monoisotopic (exact) mass is 489 g/mol. The molecule has 0 spiro atoms. The minimum Gasteiger partial charge on any atom is -0.381 e. The van der Waals surface area contributed by atoms with E-state index in [9.17, 15) is 9.59 Å². The third-order valence-corrected chi connectivity index (χ3v) is 7.11. The maximum Gasteiger partial charge on any atom is 0.244 e. The lowest BCUT2D eigenvalue weighted by Crippen LogP contribution is -2.51. The van der Waals surface area contributed by atoms with Gasteiger partial charge in [0.1, 0.15) is 6.04 Å². The van der Waals surface area contributed by atoms with Gasteiger partial charge in [0.25, 0.3) is 0 Å². The molecular weight excluding hydrogens is 454 g/mol. The van der Waals surface area contributed by atoms with Crippen LogP contribution in [0.4, 0.5) is 17.1 Å². The number of carbonyl (C=O) groups is 2. The molecule has 0 bridgehead atoms. The lowest BCUT2D eigenvalue weighted by molar-refractivity contribution is -0.137. The van der Waals surface area contributed by atoms with Crippen LogP contribution in [0.5, 0.6) is 0 Å². The summed E-state index contributed by atoms with van der Waals surface area (Å²) in [7, 11) is 0. The molecule has 190 valence electrons. The highest BCUT2D eigenvalue weighted by Crippen LogP contribution is 2.34. The molecule has 2 aliphatic rings. The van der Waals surface area contributed by atoms with Gasteiger partial charge in [-0.05, 0) is 44.0 Å². The second-order valence-corrected chi connectivity index (χ2v) is 9.21. The zero-order valence-corrected chi connectivity index (χ0v) is 21.2. The van der Waals surface area contributed by atoms with Gasteiger partial charge in [-0.3, -0.25) is 14.5 Å². The first-order valence-electron chi connectivity index (χ1n) is 12.8. The van der Waals surface area contributed by atoms with Crippen molar-refractivity contribution >= 4 is 28.9 Å². The maximum absolute atomic E-state index is 13.5. The molecule has 0 radical (unpaired) electrons. The smallest absolute Gasteiger partial charge is 0.244 e. The van der Waals surface area contributed by atoms with Crippen LogP contribution in [0.2, 0.25) is 0 Å². The lowest BCUT2D eigenvalue weighted by Gasteiger charge is -2.41. The number of likely N-dealkylation sites (N-methyl/N-ethyl adjacent to an activating group) is 1. The van der Waals surface area contributed by atoms with Gasteiger partial charge >= 0.3 is 0 Å². The number of piperazine rings is 1. The number of hydrogen-bond acceptors (Lipinski definition) is 5. The molecule has 0 aromatic heterocycles. The van der Waals surface area contributed by atoms with Crippen LogP contribution in [0.25, 0.3) is 4.85 Å². The first kappa shape index (κ1) is 25.7. The molecule has 2 unspecified atom stereocenters. The van der Waals surface area contributed by atoms with Gasteiger partial charge in [0.05, 0.1) is 19.1 Å². The summed E-state index contributed by atoms with van der Waals surface area (Å²) in [6.45, 7) is 17.0. The Morgan fingerprint density at radius 2 is 1.83 bits per heavy atom. The second kappa shape index (κ2) is 12.0. The zero-order valence-electron chi connectivity index (χ0n) is 21.2. The first-order valence-corrected chi connectivity index (χ1v) is 12.8. The standard InChI is InChI=1S/C28H35N5O3/c1-4-31(5-2)28(35)26(21-9-7-6-8-10-21)33-16-14-32(15-17-33)25-12-11-23(19-24(25)29-3)30-27(34)22-13-18-36-20-22/h6-12,19,22,26H,4-5,13-18,20H2,1-2H3,(H,30,34). The van der Waals surface area contributed by atoms with Crippen molar-refractivity contribution in [3.8, 4) is 0 Å². The molecule has 2 aromatic rings. The van der Waals surface area contributed by atoms with Crippen molar-refractivity contribution in [1.29, 1.82) is 0 Å². The number of nitrogens with zero attached hydrogens (tertiary/aromatic N) is 4. The molecule has 0 aliphatic carbocycles. The van der Waals surface area contributed by atoms with E-state index in [4.69, 9.17) is 11.3 Å². The van der Waals surface area contributed by atoms with Gasteiger partial charge in [-0.25, -0.2) is 4.85 Å². The molecule has 36 heavy (non-hydrogen) atoms. The zero-order chi connectivity index (χ0) is 25.5. The van der Waals surface area contributed by atoms with Gasteiger partial charge in [0.15, 0.2) is 0 Å². The molecule has 2 heterocycles. The topological polar surface area (TPSA) is 69.5 Å².